The molecule has 2 atom stereocenters. The average Bonchev–Trinajstić information content (AvgIpc) is 2.48. The number of carboxylic acids is 1. The van der Waals surface area contributed by atoms with Gasteiger partial charge in [-0.2, -0.15) is 0 Å². The van der Waals surface area contributed by atoms with Crippen LogP contribution in [0.1, 0.15) is 44.8 Å². The van der Waals surface area contributed by atoms with Crippen LogP contribution in [0.5, 0.6) is 5.75 Å². The van der Waals surface area contributed by atoms with Crippen LogP contribution in [0.4, 0.5) is 0 Å². The molecule has 1 aliphatic rings. The molecule has 0 aliphatic carbocycles. The first kappa shape index (κ1) is 17.5. The van der Waals surface area contributed by atoms with Crippen molar-refractivity contribution in [1.82, 2.24) is 0 Å². The highest BCUT2D eigenvalue weighted by Crippen LogP contribution is 2.41. The Morgan fingerprint density at radius 2 is 2.09 bits per heavy atom. The van der Waals surface area contributed by atoms with Gasteiger partial charge < -0.3 is 19.7 Å². The number of ether oxygens (including phenoxy) is 2. The van der Waals surface area contributed by atoms with E-state index in [1.54, 1.807) is 12.1 Å². The molecule has 0 radical (unpaired) electrons. The van der Waals surface area contributed by atoms with Gasteiger partial charge in [-0.1, -0.05) is 30.4 Å². The van der Waals surface area contributed by atoms with Crippen LogP contribution in [0, 0.1) is 5.92 Å². The normalized spacial score (nSPS) is 23.9. The lowest BCUT2D eigenvalue weighted by Gasteiger charge is -2.41. The maximum atomic E-state index is 10.5. The Kier molecular flexibility index (Phi) is 5.80. The largest absolute Gasteiger partial charge is 0.508 e. The Morgan fingerprint density at radius 3 is 2.78 bits per heavy atom. The van der Waals surface area contributed by atoms with Crippen molar-refractivity contribution >= 4 is 5.97 Å². The summed E-state index contributed by atoms with van der Waals surface area (Å²) in [6.45, 7) is 4.24. The Hall–Kier alpha value is -1.85. The monoisotopic (exact) mass is 320 g/mol. The van der Waals surface area contributed by atoms with Crippen molar-refractivity contribution in [2.75, 3.05) is 6.61 Å². The van der Waals surface area contributed by atoms with E-state index in [2.05, 4.69) is 0 Å². The van der Waals surface area contributed by atoms with Gasteiger partial charge in [0.05, 0.1) is 12.7 Å². The van der Waals surface area contributed by atoms with Crippen LogP contribution in [-0.4, -0.2) is 28.6 Å². The van der Waals surface area contributed by atoms with Crippen LogP contribution in [0.15, 0.2) is 36.4 Å². The van der Waals surface area contributed by atoms with Crippen LogP contribution in [0.25, 0.3) is 0 Å². The van der Waals surface area contributed by atoms with Crippen molar-refractivity contribution in [1.29, 1.82) is 0 Å². The molecule has 2 unspecified atom stereocenters. The van der Waals surface area contributed by atoms with Crippen molar-refractivity contribution in [3.8, 4) is 5.75 Å². The number of aliphatic carboxylic acids is 1. The third kappa shape index (κ3) is 5.08. The van der Waals surface area contributed by atoms with Crippen molar-refractivity contribution in [3.05, 3.63) is 42.0 Å². The molecule has 1 aromatic rings. The smallest absolute Gasteiger partial charge is 0.303 e. The van der Waals surface area contributed by atoms with Gasteiger partial charge in [0.25, 0.3) is 0 Å². The lowest BCUT2D eigenvalue weighted by Crippen LogP contribution is -2.41. The molecule has 2 N–H and O–H groups in total. The van der Waals surface area contributed by atoms with E-state index in [4.69, 9.17) is 14.6 Å². The Morgan fingerprint density at radius 1 is 1.35 bits per heavy atom. The standard InChI is InChI=1S/C18H24O5/c1-18(2)22-12-13(8-4-3-5-11-16(20)21)17(23-18)14-9-6-7-10-15(14)19/h3-4,6-7,9-10,13,17,19H,5,8,11-12H2,1-2H3,(H,20,21)/b4-3-. The number of para-hydroxylation sites is 1. The van der Waals surface area contributed by atoms with E-state index >= 15 is 0 Å². The highest BCUT2D eigenvalue weighted by Gasteiger charge is 2.37. The summed E-state index contributed by atoms with van der Waals surface area (Å²) in [5.74, 6) is -1.21. The van der Waals surface area contributed by atoms with Crippen LogP contribution < -0.4 is 0 Å². The van der Waals surface area contributed by atoms with Crippen molar-refractivity contribution in [2.24, 2.45) is 5.92 Å². The zero-order valence-electron chi connectivity index (χ0n) is 13.6. The minimum absolute atomic E-state index is 0.0670. The molecule has 1 fully saturated rings. The van der Waals surface area contributed by atoms with Gasteiger partial charge in [0.1, 0.15) is 5.75 Å². The maximum absolute atomic E-state index is 10.5. The molecule has 1 aromatic carbocycles. The minimum Gasteiger partial charge on any atom is -0.508 e. The zero-order chi connectivity index (χ0) is 16.9. The third-order valence-electron chi connectivity index (χ3n) is 3.86. The van der Waals surface area contributed by atoms with E-state index in [0.29, 0.717) is 19.4 Å². The summed E-state index contributed by atoms with van der Waals surface area (Å²) >= 11 is 0. The van der Waals surface area contributed by atoms with Crippen LogP contribution in [-0.2, 0) is 14.3 Å². The van der Waals surface area contributed by atoms with Crippen molar-refractivity contribution < 1.29 is 24.5 Å². The molecule has 5 heteroatoms. The van der Waals surface area contributed by atoms with E-state index in [-0.39, 0.29) is 24.2 Å². The van der Waals surface area contributed by atoms with Crippen molar-refractivity contribution in [2.45, 2.75) is 45.0 Å². The first-order valence-corrected chi connectivity index (χ1v) is 7.85. The molecule has 0 bridgehead atoms. The Labute approximate surface area is 136 Å². The van der Waals surface area contributed by atoms with Gasteiger partial charge in [-0.3, -0.25) is 4.79 Å². The Balaban J connectivity index is 2.07. The van der Waals surface area contributed by atoms with Gasteiger partial charge in [-0.25, -0.2) is 0 Å². The molecule has 0 saturated carbocycles. The summed E-state index contributed by atoms with van der Waals surface area (Å²) in [5, 5.41) is 18.8. The number of phenols is 1. The molecule has 0 amide bonds. The van der Waals surface area contributed by atoms with Gasteiger partial charge in [0, 0.05) is 17.9 Å². The molecule has 126 valence electrons. The number of hydrogen-bond donors (Lipinski definition) is 2. The summed E-state index contributed by atoms with van der Waals surface area (Å²) in [6.07, 6.45) is 4.92. The fourth-order valence-electron chi connectivity index (χ4n) is 2.66. The SMILES string of the molecule is CC1(C)OCC(C/C=C\CCC(=O)O)C(c2ccccc2O)O1. The number of carbonyl (C=O) groups is 1. The second-order valence-electron chi connectivity index (χ2n) is 6.21. The lowest BCUT2D eigenvalue weighted by molar-refractivity contribution is -0.295. The molecule has 23 heavy (non-hydrogen) atoms. The summed E-state index contributed by atoms with van der Waals surface area (Å²) in [7, 11) is 0. The molecule has 1 heterocycles. The number of aromatic hydroxyl groups is 1. The number of phenolic OH excluding ortho intramolecular Hbond substituents is 1. The summed E-state index contributed by atoms with van der Waals surface area (Å²) < 4.78 is 11.8. The van der Waals surface area contributed by atoms with E-state index in [0.717, 1.165) is 5.56 Å². The summed E-state index contributed by atoms with van der Waals surface area (Å²) in [4.78, 5) is 10.5. The number of allylic oxidation sites excluding steroid dienone is 2. The fraction of sp³-hybridized carbons (Fsp3) is 0.500. The molecule has 2 rings (SSSR count). The lowest BCUT2D eigenvalue weighted by atomic mass is 9.91. The van der Waals surface area contributed by atoms with E-state index in [1.807, 2.05) is 38.1 Å². The predicted molar refractivity (Wildman–Crippen MR) is 86.1 cm³/mol. The van der Waals surface area contributed by atoms with Crippen LogP contribution >= 0.6 is 0 Å². The van der Waals surface area contributed by atoms with Gasteiger partial charge in [0.2, 0.25) is 0 Å². The number of carboxylic acid groups (broad SMARTS) is 1. The Bertz CT molecular complexity index is 564. The predicted octanol–water partition coefficient (Wildman–Crippen LogP) is 3.64. The van der Waals surface area contributed by atoms with Gasteiger partial charge >= 0.3 is 5.97 Å². The average molecular weight is 320 g/mol. The van der Waals surface area contributed by atoms with E-state index in [1.165, 1.54) is 0 Å². The van der Waals surface area contributed by atoms with Gasteiger partial charge in [-0.05, 0) is 32.8 Å². The molecule has 1 aliphatic heterocycles. The maximum Gasteiger partial charge on any atom is 0.303 e. The van der Waals surface area contributed by atoms with Crippen LogP contribution in [0.3, 0.4) is 0 Å². The number of rotatable bonds is 6. The first-order chi connectivity index (χ1) is 10.9. The third-order valence-corrected chi connectivity index (χ3v) is 3.86. The molecule has 1 saturated heterocycles. The first-order valence-electron chi connectivity index (χ1n) is 7.85. The topological polar surface area (TPSA) is 76.0 Å². The summed E-state index contributed by atoms with van der Waals surface area (Å²) in [5.41, 5.74) is 0.757. The highest BCUT2D eigenvalue weighted by molar-refractivity contribution is 5.66. The van der Waals surface area contributed by atoms with E-state index < -0.39 is 11.8 Å². The van der Waals surface area contributed by atoms with Crippen LogP contribution in [0.2, 0.25) is 0 Å². The number of hydrogen-bond acceptors (Lipinski definition) is 4. The second-order valence-corrected chi connectivity index (χ2v) is 6.21. The van der Waals surface area contributed by atoms with Gasteiger partial charge in [0.15, 0.2) is 5.79 Å². The fourth-order valence-corrected chi connectivity index (χ4v) is 2.66. The second kappa shape index (κ2) is 7.62. The van der Waals surface area contributed by atoms with Crippen molar-refractivity contribution in [3.63, 3.8) is 0 Å². The molecular weight excluding hydrogens is 296 g/mol. The molecule has 0 spiro atoms. The quantitative estimate of drug-likeness (QED) is 0.783. The molecule has 5 nitrogen and oxygen atoms in total. The highest BCUT2D eigenvalue weighted by atomic mass is 16.7. The zero-order valence-corrected chi connectivity index (χ0v) is 13.6. The van der Waals surface area contributed by atoms with E-state index in [9.17, 15) is 9.90 Å². The minimum atomic E-state index is -0.798. The van der Waals surface area contributed by atoms with Gasteiger partial charge in [-0.15, -0.1) is 0 Å². The molecule has 0 aromatic heterocycles. The molecular formula is C18H24O5. The number of benzene rings is 1. The summed E-state index contributed by atoms with van der Waals surface area (Å²) in [6, 6.07) is 7.17.